The Morgan fingerprint density at radius 3 is 2.32 bits per heavy atom. The fourth-order valence-corrected chi connectivity index (χ4v) is 3.65. The third kappa shape index (κ3) is 4.54. The summed E-state index contributed by atoms with van der Waals surface area (Å²) >= 11 is 0. The van der Waals surface area contributed by atoms with Crippen LogP contribution in [0, 0.1) is 11.6 Å². The summed E-state index contributed by atoms with van der Waals surface area (Å²) in [6.45, 7) is 1.65. The van der Waals surface area contributed by atoms with Crippen LogP contribution in [0.3, 0.4) is 0 Å². The lowest BCUT2D eigenvalue weighted by atomic mass is 10.1. The summed E-state index contributed by atoms with van der Waals surface area (Å²) in [6.07, 6.45) is 1.16. The van der Waals surface area contributed by atoms with Gasteiger partial charge in [-0.15, -0.1) is 0 Å². The van der Waals surface area contributed by atoms with E-state index in [0.717, 1.165) is 22.7 Å². The van der Waals surface area contributed by atoms with Crippen LogP contribution >= 0.6 is 0 Å². The number of nitrogens with one attached hydrogen (secondary N) is 1. The number of amides is 1. The van der Waals surface area contributed by atoms with Crippen molar-refractivity contribution in [2.24, 2.45) is 0 Å². The van der Waals surface area contributed by atoms with E-state index in [1.807, 2.05) is 0 Å². The lowest BCUT2D eigenvalue weighted by molar-refractivity contribution is -0.117. The van der Waals surface area contributed by atoms with Crippen LogP contribution in [-0.2, 0) is 14.8 Å². The minimum atomic E-state index is -3.76. The highest BCUT2D eigenvalue weighted by molar-refractivity contribution is 7.92. The number of nitrogens with zero attached hydrogens (tertiary/aromatic N) is 1. The molecule has 0 aromatic heterocycles. The van der Waals surface area contributed by atoms with Crippen LogP contribution in [0.5, 0.6) is 0 Å². The van der Waals surface area contributed by atoms with E-state index in [1.54, 1.807) is 37.3 Å². The molecule has 0 heterocycles. The topological polar surface area (TPSA) is 66.5 Å². The number of hydrogen-bond donors (Lipinski definition) is 1. The lowest BCUT2D eigenvalue weighted by Gasteiger charge is -2.30. The van der Waals surface area contributed by atoms with Gasteiger partial charge in [-0.25, -0.2) is 17.2 Å². The molecule has 0 radical (unpaired) electrons. The summed E-state index contributed by atoms with van der Waals surface area (Å²) in [7, 11) is -3.76. The van der Waals surface area contributed by atoms with Gasteiger partial charge in [0.1, 0.15) is 17.7 Å². The van der Waals surface area contributed by atoms with Crippen molar-refractivity contribution in [3.63, 3.8) is 0 Å². The molecule has 1 N–H and O–H groups in total. The third-order valence-electron chi connectivity index (χ3n) is 3.53. The predicted octanol–water partition coefficient (Wildman–Crippen LogP) is 3.15. The van der Waals surface area contributed by atoms with Crippen molar-refractivity contribution in [2.45, 2.75) is 19.4 Å². The standard InChI is InChI=1S/C17H18F2N2O3S/c1-3-16(17(22)20-15-10-9-12(18)11-14(15)19)21(25(2,23)24)13-7-5-4-6-8-13/h4-11,16H,3H2,1-2H3,(H,20,22)/t16-/m1/s1. The maximum Gasteiger partial charge on any atom is 0.248 e. The van der Waals surface area contributed by atoms with Gasteiger partial charge in [0.25, 0.3) is 0 Å². The quantitative estimate of drug-likeness (QED) is 0.852. The molecule has 0 bridgehead atoms. The van der Waals surface area contributed by atoms with E-state index >= 15 is 0 Å². The molecular formula is C17H18F2N2O3S. The van der Waals surface area contributed by atoms with Crippen LogP contribution in [0.15, 0.2) is 48.5 Å². The van der Waals surface area contributed by atoms with Crippen molar-refractivity contribution in [2.75, 3.05) is 15.9 Å². The Hall–Kier alpha value is -2.48. The van der Waals surface area contributed by atoms with Crippen LogP contribution in [-0.4, -0.2) is 26.6 Å². The lowest BCUT2D eigenvalue weighted by Crippen LogP contribution is -2.47. The number of sulfonamides is 1. The van der Waals surface area contributed by atoms with Crippen molar-refractivity contribution in [3.8, 4) is 0 Å². The summed E-state index contributed by atoms with van der Waals surface area (Å²) in [5.41, 5.74) is 0.109. The first-order valence-electron chi connectivity index (χ1n) is 7.54. The maximum atomic E-state index is 13.7. The molecule has 8 heteroatoms. The van der Waals surface area contributed by atoms with Crippen molar-refractivity contribution >= 4 is 27.3 Å². The third-order valence-corrected chi connectivity index (χ3v) is 4.71. The number of rotatable bonds is 6. The molecule has 2 aromatic rings. The first-order valence-corrected chi connectivity index (χ1v) is 9.39. The zero-order valence-corrected chi connectivity index (χ0v) is 14.6. The molecule has 1 atom stereocenters. The zero-order valence-electron chi connectivity index (χ0n) is 13.7. The molecule has 2 rings (SSSR count). The van der Waals surface area contributed by atoms with E-state index in [-0.39, 0.29) is 12.1 Å². The summed E-state index contributed by atoms with van der Waals surface area (Å²) in [5, 5.41) is 2.32. The Morgan fingerprint density at radius 1 is 1.16 bits per heavy atom. The predicted molar refractivity (Wildman–Crippen MR) is 92.8 cm³/mol. The molecule has 0 fully saturated rings. The molecule has 134 valence electrons. The molecule has 2 aromatic carbocycles. The van der Waals surface area contributed by atoms with Crippen LogP contribution < -0.4 is 9.62 Å². The van der Waals surface area contributed by atoms with Gasteiger partial charge in [-0.1, -0.05) is 25.1 Å². The van der Waals surface area contributed by atoms with Gasteiger partial charge in [-0.05, 0) is 30.7 Å². The van der Waals surface area contributed by atoms with Crippen molar-refractivity contribution < 1.29 is 22.0 Å². The molecule has 1 amide bonds. The monoisotopic (exact) mass is 368 g/mol. The number of hydrogen-bond acceptors (Lipinski definition) is 3. The van der Waals surface area contributed by atoms with Gasteiger partial charge in [0.2, 0.25) is 15.9 Å². The number of benzene rings is 2. The summed E-state index contributed by atoms with van der Waals surface area (Å²) < 4.78 is 52.2. The molecule has 0 aliphatic carbocycles. The van der Waals surface area contributed by atoms with E-state index in [1.165, 1.54) is 0 Å². The van der Waals surface area contributed by atoms with Crippen LogP contribution in [0.1, 0.15) is 13.3 Å². The van der Waals surface area contributed by atoms with Gasteiger partial charge < -0.3 is 5.32 Å². The summed E-state index contributed by atoms with van der Waals surface area (Å²) in [5.74, 6) is -2.42. The second-order valence-corrected chi connectivity index (χ2v) is 7.29. The van der Waals surface area contributed by atoms with Gasteiger partial charge in [0.05, 0.1) is 17.6 Å². The molecule has 0 saturated heterocycles. The fraction of sp³-hybridized carbons (Fsp3) is 0.235. The maximum absolute atomic E-state index is 13.7. The van der Waals surface area contributed by atoms with E-state index < -0.39 is 33.6 Å². The Bertz CT molecular complexity index is 857. The minimum Gasteiger partial charge on any atom is -0.322 e. The molecule has 0 spiro atoms. The van der Waals surface area contributed by atoms with E-state index in [9.17, 15) is 22.0 Å². The molecule has 0 unspecified atom stereocenters. The molecule has 5 nitrogen and oxygen atoms in total. The second-order valence-electron chi connectivity index (χ2n) is 5.43. The minimum absolute atomic E-state index is 0.163. The number of anilines is 2. The van der Waals surface area contributed by atoms with Gasteiger partial charge in [0.15, 0.2) is 0 Å². The summed E-state index contributed by atoms with van der Waals surface area (Å²) in [4.78, 5) is 12.6. The first kappa shape index (κ1) is 18.9. The average molecular weight is 368 g/mol. The van der Waals surface area contributed by atoms with Gasteiger partial charge in [0, 0.05) is 6.07 Å². The smallest absolute Gasteiger partial charge is 0.248 e. The highest BCUT2D eigenvalue weighted by Crippen LogP contribution is 2.23. The van der Waals surface area contributed by atoms with Crippen LogP contribution in [0.2, 0.25) is 0 Å². The van der Waals surface area contributed by atoms with E-state index in [4.69, 9.17) is 0 Å². The molecule has 0 saturated carbocycles. The summed E-state index contributed by atoms with van der Waals surface area (Å²) in [6, 6.07) is 9.80. The van der Waals surface area contributed by atoms with Crippen LogP contribution in [0.4, 0.5) is 20.2 Å². The molecule has 0 aliphatic heterocycles. The van der Waals surface area contributed by atoms with Gasteiger partial charge in [-0.2, -0.15) is 0 Å². The number of carbonyl (C=O) groups is 1. The molecule has 0 aliphatic rings. The Kier molecular flexibility index (Phi) is 5.73. The SMILES string of the molecule is CC[C@H](C(=O)Nc1ccc(F)cc1F)N(c1ccccc1)S(C)(=O)=O. The normalized spacial score (nSPS) is 12.5. The Labute approximate surface area is 145 Å². The number of carbonyl (C=O) groups excluding carboxylic acids is 1. The first-order chi connectivity index (χ1) is 11.7. The molecule has 25 heavy (non-hydrogen) atoms. The van der Waals surface area contributed by atoms with Crippen molar-refractivity contribution in [1.29, 1.82) is 0 Å². The van der Waals surface area contributed by atoms with Gasteiger partial charge in [-0.3, -0.25) is 9.10 Å². The van der Waals surface area contributed by atoms with Crippen LogP contribution in [0.25, 0.3) is 0 Å². The van der Waals surface area contributed by atoms with E-state index in [2.05, 4.69) is 5.32 Å². The van der Waals surface area contributed by atoms with Crippen molar-refractivity contribution in [3.05, 3.63) is 60.2 Å². The Morgan fingerprint density at radius 2 is 1.80 bits per heavy atom. The highest BCUT2D eigenvalue weighted by atomic mass is 32.2. The molecular weight excluding hydrogens is 350 g/mol. The van der Waals surface area contributed by atoms with Gasteiger partial charge >= 0.3 is 0 Å². The van der Waals surface area contributed by atoms with E-state index in [0.29, 0.717) is 11.8 Å². The van der Waals surface area contributed by atoms with Crippen molar-refractivity contribution in [1.82, 2.24) is 0 Å². The fourth-order valence-electron chi connectivity index (χ4n) is 2.44. The second kappa shape index (κ2) is 7.60. The largest absolute Gasteiger partial charge is 0.322 e. The zero-order chi connectivity index (χ0) is 18.6. The number of halogens is 2. The highest BCUT2D eigenvalue weighted by Gasteiger charge is 2.31. The Balaban J connectivity index is 2.36. The average Bonchev–Trinajstić information content (AvgIpc) is 2.54. The number of para-hydroxylation sites is 1.